The summed E-state index contributed by atoms with van der Waals surface area (Å²) < 4.78 is 27.3. The first-order chi connectivity index (χ1) is 8.99. The normalized spacial score (nSPS) is 22.5. The number of β-amino-alcohol motifs (C(OH)–C–C–N with tert-alkyl or cyclic N) is 1. The molecule has 1 saturated heterocycles. The molecule has 104 valence electrons. The zero-order valence-corrected chi connectivity index (χ0v) is 11.5. The number of carbonyl (C=O) groups excluding carboxylic acids is 1. The Morgan fingerprint density at radius 3 is 2.58 bits per heavy atom. The number of amides is 1. The summed E-state index contributed by atoms with van der Waals surface area (Å²) in [6.45, 7) is 1.19. The van der Waals surface area contributed by atoms with Crippen LogP contribution in [0, 0.1) is 17.6 Å². The number of halogens is 3. The van der Waals surface area contributed by atoms with Crippen LogP contribution in [0.1, 0.15) is 10.4 Å². The van der Waals surface area contributed by atoms with E-state index in [-0.39, 0.29) is 16.9 Å². The first kappa shape index (κ1) is 14.4. The van der Waals surface area contributed by atoms with Gasteiger partial charge in [-0.1, -0.05) is 15.9 Å². The van der Waals surface area contributed by atoms with E-state index in [9.17, 15) is 18.7 Å². The smallest absolute Gasteiger partial charge is 0.257 e. The summed E-state index contributed by atoms with van der Waals surface area (Å²) in [7, 11) is 0. The van der Waals surface area contributed by atoms with Crippen molar-refractivity contribution in [3.8, 4) is 0 Å². The monoisotopic (exact) mass is 334 g/mol. The maximum Gasteiger partial charge on any atom is 0.257 e. The molecule has 1 fully saturated rings. The molecule has 1 aromatic carbocycles. The van der Waals surface area contributed by atoms with Crippen LogP contribution in [0.2, 0.25) is 0 Å². The number of nitrogens with one attached hydrogen (secondary N) is 2. The zero-order chi connectivity index (χ0) is 14.0. The third-order valence-electron chi connectivity index (χ3n) is 3.06. The molecule has 1 aromatic rings. The van der Waals surface area contributed by atoms with Gasteiger partial charge < -0.3 is 15.7 Å². The van der Waals surface area contributed by atoms with E-state index in [1.807, 2.05) is 0 Å². The van der Waals surface area contributed by atoms with Crippen molar-refractivity contribution in [2.45, 2.75) is 6.10 Å². The van der Waals surface area contributed by atoms with Gasteiger partial charge in [-0.15, -0.1) is 0 Å². The Morgan fingerprint density at radius 1 is 1.42 bits per heavy atom. The molecular weight excluding hydrogens is 322 g/mol. The second-order valence-corrected chi connectivity index (χ2v) is 5.36. The Bertz CT molecular complexity index is 476. The quantitative estimate of drug-likeness (QED) is 0.774. The highest BCUT2D eigenvalue weighted by atomic mass is 79.9. The van der Waals surface area contributed by atoms with E-state index in [4.69, 9.17) is 0 Å². The molecule has 0 spiro atoms. The van der Waals surface area contributed by atoms with Crippen molar-refractivity contribution in [2.75, 3.05) is 19.6 Å². The fraction of sp³-hybridized carbons (Fsp3) is 0.417. The number of benzene rings is 1. The van der Waals surface area contributed by atoms with Crippen LogP contribution in [-0.2, 0) is 0 Å². The van der Waals surface area contributed by atoms with Crippen LogP contribution >= 0.6 is 15.9 Å². The Kier molecular flexibility index (Phi) is 4.49. The molecule has 1 heterocycles. The van der Waals surface area contributed by atoms with Crippen LogP contribution in [0.3, 0.4) is 0 Å². The molecule has 3 N–H and O–H groups in total. The van der Waals surface area contributed by atoms with Crippen molar-refractivity contribution in [3.63, 3.8) is 0 Å². The molecule has 0 aromatic heterocycles. The summed E-state index contributed by atoms with van der Waals surface area (Å²) in [5.41, 5.74) is -0.608. The van der Waals surface area contributed by atoms with Crippen molar-refractivity contribution < 1.29 is 18.7 Å². The number of aliphatic hydroxyl groups is 1. The zero-order valence-electron chi connectivity index (χ0n) is 9.92. The van der Waals surface area contributed by atoms with Gasteiger partial charge in [-0.05, 0) is 12.1 Å². The topological polar surface area (TPSA) is 61.4 Å². The van der Waals surface area contributed by atoms with E-state index < -0.39 is 29.2 Å². The molecule has 2 rings (SSSR count). The van der Waals surface area contributed by atoms with E-state index in [2.05, 4.69) is 26.6 Å². The Balaban J connectivity index is 2.04. The first-order valence-electron chi connectivity index (χ1n) is 5.80. The van der Waals surface area contributed by atoms with Crippen molar-refractivity contribution >= 4 is 21.8 Å². The number of hydrogen-bond acceptors (Lipinski definition) is 3. The van der Waals surface area contributed by atoms with Crippen molar-refractivity contribution in [1.29, 1.82) is 0 Å². The predicted octanol–water partition coefficient (Wildman–Crippen LogP) is 1.04. The minimum Gasteiger partial charge on any atom is -0.391 e. The molecule has 4 nitrogen and oxygen atoms in total. The molecule has 0 bridgehead atoms. The van der Waals surface area contributed by atoms with Crippen LogP contribution < -0.4 is 10.6 Å². The summed E-state index contributed by atoms with van der Waals surface area (Å²) in [4.78, 5) is 11.8. The average Bonchev–Trinajstić information content (AvgIpc) is 2.70. The lowest BCUT2D eigenvalue weighted by molar-refractivity contribution is 0.0919. The number of carbonyl (C=O) groups is 1. The van der Waals surface area contributed by atoms with E-state index in [0.29, 0.717) is 13.1 Å². The second kappa shape index (κ2) is 5.94. The lowest BCUT2D eigenvalue weighted by Crippen LogP contribution is -2.35. The average molecular weight is 335 g/mol. The Labute approximate surface area is 117 Å². The van der Waals surface area contributed by atoms with Crippen molar-refractivity contribution in [1.82, 2.24) is 10.6 Å². The SMILES string of the molecule is O=C(NCC1CNCC1O)c1c(F)cc(Br)cc1F. The highest BCUT2D eigenvalue weighted by Crippen LogP contribution is 2.19. The lowest BCUT2D eigenvalue weighted by Gasteiger charge is -2.14. The number of hydrogen-bond donors (Lipinski definition) is 3. The molecule has 1 aliphatic heterocycles. The van der Waals surface area contributed by atoms with Gasteiger partial charge in [-0.25, -0.2) is 8.78 Å². The maximum atomic E-state index is 13.5. The van der Waals surface area contributed by atoms with Gasteiger partial charge in [0.1, 0.15) is 17.2 Å². The third-order valence-corrected chi connectivity index (χ3v) is 3.52. The summed E-state index contributed by atoms with van der Waals surface area (Å²) >= 11 is 2.94. The van der Waals surface area contributed by atoms with Gasteiger partial charge in [0, 0.05) is 30.0 Å². The summed E-state index contributed by atoms with van der Waals surface area (Å²) in [5, 5.41) is 14.9. The van der Waals surface area contributed by atoms with Gasteiger partial charge in [-0.3, -0.25) is 4.79 Å². The van der Waals surface area contributed by atoms with Gasteiger partial charge in [0.2, 0.25) is 0 Å². The minimum atomic E-state index is -0.922. The standard InChI is InChI=1S/C12H13BrF2N2O2/c13-7-1-8(14)11(9(15)2-7)12(19)17-4-6-3-16-5-10(6)18/h1-2,6,10,16,18H,3-5H2,(H,17,19). The van der Waals surface area contributed by atoms with Crippen molar-refractivity contribution in [3.05, 3.63) is 33.8 Å². The van der Waals surface area contributed by atoms with Crippen LogP contribution in [0.25, 0.3) is 0 Å². The van der Waals surface area contributed by atoms with Gasteiger partial charge in [0.25, 0.3) is 5.91 Å². The fourth-order valence-electron chi connectivity index (χ4n) is 2.00. The largest absolute Gasteiger partial charge is 0.391 e. The van der Waals surface area contributed by atoms with Gasteiger partial charge in [0.05, 0.1) is 6.10 Å². The first-order valence-corrected chi connectivity index (χ1v) is 6.60. The molecule has 0 saturated carbocycles. The molecule has 0 radical (unpaired) electrons. The second-order valence-electron chi connectivity index (χ2n) is 4.44. The maximum absolute atomic E-state index is 13.5. The number of rotatable bonds is 3. The van der Waals surface area contributed by atoms with Crippen LogP contribution in [0.4, 0.5) is 8.78 Å². The molecule has 0 aliphatic carbocycles. The van der Waals surface area contributed by atoms with E-state index in [1.54, 1.807) is 0 Å². The van der Waals surface area contributed by atoms with E-state index in [0.717, 1.165) is 12.1 Å². The molecule has 19 heavy (non-hydrogen) atoms. The highest BCUT2D eigenvalue weighted by molar-refractivity contribution is 9.10. The summed E-state index contributed by atoms with van der Waals surface area (Å²) in [6.07, 6.45) is -0.556. The predicted molar refractivity (Wildman–Crippen MR) is 68.8 cm³/mol. The fourth-order valence-corrected chi connectivity index (χ4v) is 2.40. The van der Waals surface area contributed by atoms with Gasteiger partial charge >= 0.3 is 0 Å². The minimum absolute atomic E-state index is 0.148. The van der Waals surface area contributed by atoms with E-state index >= 15 is 0 Å². The number of aliphatic hydroxyl groups excluding tert-OH is 1. The molecular formula is C12H13BrF2N2O2. The molecule has 7 heteroatoms. The van der Waals surface area contributed by atoms with Gasteiger partial charge in [-0.2, -0.15) is 0 Å². The highest BCUT2D eigenvalue weighted by Gasteiger charge is 2.26. The van der Waals surface area contributed by atoms with Crippen molar-refractivity contribution in [2.24, 2.45) is 5.92 Å². The van der Waals surface area contributed by atoms with Crippen LogP contribution in [-0.4, -0.2) is 36.8 Å². The molecule has 2 unspecified atom stereocenters. The lowest BCUT2D eigenvalue weighted by atomic mass is 10.1. The van der Waals surface area contributed by atoms with Crippen LogP contribution in [0.5, 0.6) is 0 Å². The van der Waals surface area contributed by atoms with Gasteiger partial charge in [0.15, 0.2) is 0 Å². The molecule has 1 amide bonds. The third kappa shape index (κ3) is 3.29. The Morgan fingerprint density at radius 2 is 2.05 bits per heavy atom. The van der Waals surface area contributed by atoms with E-state index in [1.165, 1.54) is 0 Å². The summed E-state index contributed by atoms with van der Waals surface area (Å²) in [6, 6.07) is 2.06. The molecule has 2 atom stereocenters. The molecule has 1 aliphatic rings. The summed E-state index contributed by atoms with van der Waals surface area (Å²) in [5.74, 6) is -2.81. The van der Waals surface area contributed by atoms with Crippen LogP contribution in [0.15, 0.2) is 16.6 Å². The Hall–Kier alpha value is -1.05.